The Labute approximate surface area is 530 Å². The smallest absolute Gasteiger partial charge is 0.404 e. The van der Waals surface area contributed by atoms with E-state index in [1.807, 2.05) is 9.80 Å². The molecule has 7 fully saturated rings. The maximum Gasteiger partial charge on any atom is 0.404 e. The van der Waals surface area contributed by atoms with Crippen LogP contribution in [0.2, 0.25) is 0 Å². The number of ether oxygens (including phenoxy) is 4. The van der Waals surface area contributed by atoms with Gasteiger partial charge in [0.15, 0.2) is 17.2 Å². The number of hydrogen-bond acceptors (Lipinski definition) is 30. The van der Waals surface area contributed by atoms with Crippen LogP contribution >= 0.6 is 0 Å². The van der Waals surface area contributed by atoms with Crippen molar-refractivity contribution in [1.82, 2.24) is 29.2 Å². The van der Waals surface area contributed by atoms with Gasteiger partial charge in [0.25, 0.3) is 0 Å². The van der Waals surface area contributed by atoms with Crippen molar-refractivity contribution in [3.8, 4) is 0 Å². The van der Waals surface area contributed by atoms with Crippen LogP contribution in [0.4, 0.5) is 19.2 Å². The van der Waals surface area contributed by atoms with Crippen molar-refractivity contribution in [2.75, 3.05) is 39.5 Å². The Morgan fingerprint density at radius 1 is 0.574 bits per heavy atom. The highest BCUT2D eigenvalue weighted by Crippen LogP contribution is 2.75. The summed E-state index contributed by atoms with van der Waals surface area (Å²) in [5.41, 5.74) is 54.3. The average molecular weight is 1310 g/mol. The van der Waals surface area contributed by atoms with E-state index in [4.69, 9.17) is 76.3 Å². The van der Waals surface area contributed by atoms with Gasteiger partial charge in [-0.05, 0) is 27.7 Å². The molecule has 10 aliphatic heterocycles. The fraction of sp³-hybridized carbons (Fsp3) is 0.483. The number of nitrogens with zero attached hydrogens (tertiary/aromatic N) is 5. The maximum atomic E-state index is 13.2. The molecule has 4 aliphatic carbocycles. The summed E-state index contributed by atoms with van der Waals surface area (Å²) in [7, 11) is 0. The molecule has 0 radical (unpaired) electrons. The van der Waals surface area contributed by atoms with Crippen LogP contribution in [0.15, 0.2) is 56.4 Å². The number of aromatic nitrogens is 2. The molecule has 0 saturated carbocycles. The minimum atomic E-state index is -1.09. The molecule has 1 spiro atoms. The second-order valence-corrected chi connectivity index (χ2v) is 25.2. The highest BCUT2D eigenvalue weighted by atomic mass is 16.6. The number of aliphatic hydroxyl groups excluding tert-OH is 4. The molecule has 12 heterocycles. The standard InChI is InChI=1S/2C15H18N4O5.2C14H16N4O5/c1-5-9(16)10(21)8-6(3-24-13(17)23)14(4-20)11-7-2-18(14)15(8,12(5)22)19(7)11;1-5-9(16)12(22)8-6(3-24-14(17)23)15(4-20)13-7(18-13)2-19(15)10(8)11(5)21;2*1-4-8(16)13(21)7-5(3-23-14(17)22)9-12(20)6(15)2-18(9)10(7)11(4)19/h6-8,11,20H,2-4,16H2,1H3,(H2,17,23);6-7,13,18,20H,2-4,16H2,1H3,(H2,17,23);2*6,12,20H,2-3,15-16H2,1H3,(H2,17,22)/t6-,7+,8+,11+,14+,15-,19?;6-,7+,13+,15+;6-,12+;6-,12-/m1100/s1. The summed E-state index contributed by atoms with van der Waals surface area (Å²) in [6, 6.07) is -1.06. The van der Waals surface area contributed by atoms with Gasteiger partial charge >= 0.3 is 24.4 Å². The Hall–Kier alpha value is -9.66. The van der Waals surface area contributed by atoms with Crippen LogP contribution in [0.5, 0.6) is 0 Å². The van der Waals surface area contributed by atoms with Gasteiger partial charge in [0.05, 0.1) is 118 Å². The zero-order valence-electron chi connectivity index (χ0n) is 50.8. The van der Waals surface area contributed by atoms with Gasteiger partial charge in [-0.3, -0.25) is 48.2 Å². The number of nitrogens with two attached hydrogens (primary N) is 10. The van der Waals surface area contributed by atoms with E-state index in [0.29, 0.717) is 13.1 Å². The molecule has 94 heavy (non-hydrogen) atoms. The van der Waals surface area contributed by atoms with Crippen LogP contribution in [0.3, 0.4) is 0 Å². The molecule has 2 aromatic heterocycles. The number of allylic oxidation sites excluding steroid dienone is 7. The predicted molar refractivity (Wildman–Crippen MR) is 313 cm³/mol. The van der Waals surface area contributed by atoms with Gasteiger partial charge in [0.2, 0.25) is 34.7 Å². The van der Waals surface area contributed by atoms with Crippen molar-refractivity contribution in [2.24, 2.45) is 75.1 Å². The third-order valence-corrected chi connectivity index (χ3v) is 21.1. The van der Waals surface area contributed by atoms with Crippen molar-refractivity contribution in [3.63, 3.8) is 0 Å². The summed E-state index contributed by atoms with van der Waals surface area (Å²) in [6.07, 6.45) is -6.17. The minimum absolute atomic E-state index is 0.00380. The molecule has 6 bridgehead atoms. The van der Waals surface area contributed by atoms with Crippen LogP contribution < -0.4 is 62.7 Å². The Balaban J connectivity index is 0.000000120. The van der Waals surface area contributed by atoms with Gasteiger partial charge in [-0.1, -0.05) is 0 Å². The van der Waals surface area contributed by atoms with Crippen molar-refractivity contribution < 1.29 is 96.9 Å². The predicted octanol–water partition coefficient (Wildman–Crippen LogP) is -6.60. The van der Waals surface area contributed by atoms with Crippen LogP contribution in [-0.4, -0.2) is 207 Å². The first-order valence-corrected chi connectivity index (χ1v) is 29.5. The zero-order chi connectivity index (χ0) is 68.7. The van der Waals surface area contributed by atoms with E-state index < -0.39 is 112 Å². The summed E-state index contributed by atoms with van der Waals surface area (Å²) in [6.45, 7) is 5.97. The number of amides is 4. The van der Waals surface area contributed by atoms with Gasteiger partial charge in [-0.15, -0.1) is 0 Å². The average Bonchev–Trinajstić information content (AvgIpc) is 1.42. The molecular formula is C58H68N16O20. The number of piperidine rings is 1. The number of carbonyl (C=O) groups is 12. The fourth-order valence-electron chi connectivity index (χ4n) is 16.8. The van der Waals surface area contributed by atoms with E-state index in [1.165, 1.54) is 29.9 Å². The zero-order valence-corrected chi connectivity index (χ0v) is 50.8. The molecule has 500 valence electrons. The molecule has 36 nitrogen and oxygen atoms in total. The van der Waals surface area contributed by atoms with Gasteiger partial charge in [-0.25, -0.2) is 19.2 Å². The van der Waals surface area contributed by atoms with E-state index in [0.717, 1.165) is 0 Å². The monoisotopic (exact) mass is 1310 g/mol. The Morgan fingerprint density at radius 2 is 1.03 bits per heavy atom. The number of primary amides is 4. The van der Waals surface area contributed by atoms with E-state index in [9.17, 15) is 78.0 Å². The van der Waals surface area contributed by atoms with E-state index in [-0.39, 0.29) is 196 Å². The number of ketones is 8. The lowest BCUT2D eigenvalue weighted by Crippen LogP contribution is -2.61. The summed E-state index contributed by atoms with van der Waals surface area (Å²) in [5.74, 6) is -5.07. The number of hydrogen-bond donors (Lipinski definition) is 15. The lowest BCUT2D eigenvalue weighted by Gasteiger charge is -2.41. The van der Waals surface area contributed by atoms with Crippen molar-refractivity contribution in [1.29, 1.82) is 0 Å². The summed E-state index contributed by atoms with van der Waals surface area (Å²) in [5, 5.41) is 44.1. The number of aliphatic hydroxyl groups is 4. The topological polar surface area (TPSA) is 624 Å². The molecular weight excluding hydrogens is 1240 g/mol. The third kappa shape index (κ3) is 8.29. The SMILES string of the molecule is CC1=C(N)C(=O)C2=C(C1=O)N1C[C@@H]3N[C@@H]3[C@]1(CO)[C@@H]2COC(N)=O.CC1=C(N)C(=O)[C@@H]2[C@@H](COC(N)=O)[C@@]3(CO)[C@@H]4[C@@H]5CN3[C@@]2(C1=O)N45.CC1=C(N)C(=O)c2c(COC(N)=O)c3n(c2C1=O)C[C@H](N)[C@@H]3O.CC1=C(N)C(=O)c2c(COC(N)=O)c3n(c2C1=O)C[C@H](N)[C@H]3O. The Kier molecular flexibility index (Phi) is 14.9. The molecule has 7 saturated heterocycles. The minimum Gasteiger partial charge on any atom is -0.449 e. The first-order chi connectivity index (χ1) is 44.2. The molecule has 36 heteroatoms. The molecule has 0 aromatic carbocycles. The first-order valence-electron chi connectivity index (χ1n) is 29.5. The Bertz CT molecular complexity index is 4000. The summed E-state index contributed by atoms with van der Waals surface area (Å²) >= 11 is 0. The first kappa shape index (κ1) is 64.4. The van der Waals surface area contributed by atoms with Crippen LogP contribution in [0, 0.1) is 17.8 Å². The molecule has 2 aromatic rings. The second-order valence-electron chi connectivity index (χ2n) is 25.2. The number of fused-ring (bicyclic) bond motifs is 10. The van der Waals surface area contributed by atoms with Gasteiger partial charge < -0.3 is 116 Å². The normalized spacial score (nSPS) is 34.1. The molecule has 4 amide bonds. The maximum absolute atomic E-state index is 13.2. The Morgan fingerprint density at radius 3 is 1.49 bits per heavy atom. The molecule has 25 N–H and O–H groups in total. The molecule has 14 aliphatic rings. The van der Waals surface area contributed by atoms with Crippen molar-refractivity contribution in [2.45, 2.75) is 119 Å². The number of carbonyl (C=O) groups excluding carboxylic acids is 12. The van der Waals surface area contributed by atoms with Gasteiger partial charge in [0, 0.05) is 83.2 Å². The quantitative estimate of drug-likeness (QED) is 0.0597. The lowest BCUT2D eigenvalue weighted by molar-refractivity contribution is -0.141. The van der Waals surface area contributed by atoms with Gasteiger partial charge in [-0.2, -0.15) is 0 Å². The second kappa shape index (κ2) is 21.7. The highest BCUT2D eigenvalue weighted by molar-refractivity contribution is 6.28. The molecule has 16 atom stereocenters. The fourth-order valence-corrected chi connectivity index (χ4v) is 16.8. The van der Waals surface area contributed by atoms with E-state index in [1.54, 1.807) is 11.8 Å². The highest BCUT2D eigenvalue weighted by Gasteiger charge is 2.94. The molecule has 16 rings (SSSR count). The van der Waals surface area contributed by atoms with Crippen LogP contribution in [0.25, 0.3) is 0 Å². The number of nitrogens with one attached hydrogen (secondary N) is 1. The number of piperazine rings is 2. The number of rotatable bonds is 10. The largest absolute Gasteiger partial charge is 0.449 e. The third-order valence-electron chi connectivity index (χ3n) is 21.1. The van der Waals surface area contributed by atoms with Crippen LogP contribution in [-0.2, 0) is 64.4 Å². The van der Waals surface area contributed by atoms with Gasteiger partial charge in [0.1, 0.15) is 43.4 Å². The van der Waals surface area contributed by atoms with Crippen molar-refractivity contribution in [3.05, 3.63) is 101 Å². The van der Waals surface area contributed by atoms with E-state index >= 15 is 0 Å². The van der Waals surface area contributed by atoms with E-state index in [2.05, 4.69) is 5.32 Å². The van der Waals surface area contributed by atoms with Crippen molar-refractivity contribution >= 4 is 70.6 Å². The summed E-state index contributed by atoms with van der Waals surface area (Å²) < 4.78 is 22.5. The number of Topliss-reactive ketones (excluding diaryl/α,β-unsaturated/α-hetero) is 8. The van der Waals surface area contributed by atoms with Crippen LogP contribution in [0.1, 0.15) is 104 Å². The summed E-state index contributed by atoms with van der Waals surface area (Å²) in [4.78, 5) is 151. The molecule has 2 unspecified atom stereocenters. The lowest BCUT2D eigenvalue weighted by atomic mass is 9.67.